The summed E-state index contributed by atoms with van der Waals surface area (Å²) in [5.41, 5.74) is 4.46. The zero-order valence-electron chi connectivity index (χ0n) is 6.46. The number of rotatable bonds is 1. The van der Waals surface area contributed by atoms with Gasteiger partial charge in [0.05, 0.1) is 4.88 Å². The summed E-state index contributed by atoms with van der Waals surface area (Å²) in [6.45, 7) is 1.33. The van der Waals surface area contributed by atoms with Crippen LogP contribution in [0, 0.1) is 0 Å². The second kappa shape index (κ2) is 3.87. The standard InChI is InChI=1S/C7H8N2O2S/c1-5(10)8-9-7(11)6-3-2-4-12-6/h2-4H,1H3,(H,8,10)(H,9,11). The summed E-state index contributed by atoms with van der Waals surface area (Å²) < 4.78 is 0. The van der Waals surface area contributed by atoms with Gasteiger partial charge in [0, 0.05) is 6.92 Å². The summed E-state index contributed by atoms with van der Waals surface area (Å²) >= 11 is 1.32. The molecule has 2 amide bonds. The van der Waals surface area contributed by atoms with Crippen molar-refractivity contribution in [3.8, 4) is 0 Å². The van der Waals surface area contributed by atoms with Crippen molar-refractivity contribution >= 4 is 23.2 Å². The van der Waals surface area contributed by atoms with Crippen LogP contribution in [0.3, 0.4) is 0 Å². The maximum atomic E-state index is 11.1. The number of hydrogen-bond acceptors (Lipinski definition) is 3. The minimum absolute atomic E-state index is 0.291. The third-order valence-electron chi connectivity index (χ3n) is 1.10. The normalized spacial score (nSPS) is 9.08. The van der Waals surface area contributed by atoms with Crippen LogP contribution in [0.4, 0.5) is 0 Å². The summed E-state index contributed by atoms with van der Waals surface area (Å²) in [5, 5.41) is 1.79. The van der Waals surface area contributed by atoms with Crippen LogP contribution in [0.5, 0.6) is 0 Å². The molecule has 1 aromatic heterocycles. The molecule has 12 heavy (non-hydrogen) atoms. The van der Waals surface area contributed by atoms with Crippen LogP contribution >= 0.6 is 11.3 Å². The lowest BCUT2D eigenvalue weighted by Crippen LogP contribution is -2.39. The summed E-state index contributed by atoms with van der Waals surface area (Å²) in [4.78, 5) is 22.1. The summed E-state index contributed by atoms with van der Waals surface area (Å²) in [6.07, 6.45) is 0. The van der Waals surface area contributed by atoms with Crippen LogP contribution < -0.4 is 10.9 Å². The molecule has 0 atom stereocenters. The van der Waals surface area contributed by atoms with Gasteiger partial charge in [0.25, 0.3) is 5.91 Å². The van der Waals surface area contributed by atoms with Crippen LogP contribution in [0.1, 0.15) is 16.6 Å². The molecule has 4 nitrogen and oxygen atoms in total. The lowest BCUT2D eigenvalue weighted by Gasteiger charge is -2.01. The Bertz CT molecular complexity index is 282. The molecular formula is C7H8N2O2S. The minimum Gasteiger partial charge on any atom is -0.274 e. The van der Waals surface area contributed by atoms with Gasteiger partial charge < -0.3 is 0 Å². The Hall–Kier alpha value is -1.36. The Morgan fingerprint density at radius 2 is 2.17 bits per heavy atom. The fourth-order valence-corrected chi connectivity index (χ4v) is 1.23. The van der Waals surface area contributed by atoms with E-state index in [-0.39, 0.29) is 11.8 Å². The average Bonchev–Trinajstić information content (AvgIpc) is 2.51. The Labute approximate surface area is 73.6 Å². The number of hydrazine groups is 1. The molecule has 0 bridgehead atoms. The fraction of sp³-hybridized carbons (Fsp3) is 0.143. The molecule has 5 heteroatoms. The van der Waals surface area contributed by atoms with Crippen LogP contribution in [0.25, 0.3) is 0 Å². The van der Waals surface area contributed by atoms with Gasteiger partial charge in [0.2, 0.25) is 5.91 Å². The Morgan fingerprint density at radius 1 is 1.42 bits per heavy atom. The SMILES string of the molecule is CC(=O)NNC(=O)c1cccs1. The maximum Gasteiger partial charge on any atom is 0.279 e. The quantitative estimate of drug-likeness (QED) is 0.625. The van der Waals surface area contributed by atoms with Crippen molar-refractivity contribution in [1.82, 2.24) is 10.9 Å². The van der Waals surface area contributed by atoms with Crippen LogP contribution in [-0.4, -0.2) is 11.8 Å². The molecule has 0 spiro atoms. The second-order valence-corrected chi connectivity index (χ2v) is 3.06. The maximum absolute atomic E-state index is 11.1. The lowest BCUT2D eigenvalue weighted by molar-refractivity contribution is -0.119. The highest BCUT2D eigenvalue weighted by Crippen LogP contribution is 2.06. The zero-order valence-corrected chi connectivity index (χ0v) is 7.27. The monoisotopic (exact) mass is 184 g/mol. The molecule has 64 valence electrons. The third kappa shape index (κ3) is 2.35. The number of hydrogen-bond donors (Lipinski definition) is 2. The van der Waals surface area contributed by atoms with E-state index in [9.17, 15) is 9.59 Å². The van der Waals surface area contributed by atoms with Gasteiger partial charge in [-0.3, -0.25) is 20.4 Å². The molecule has 1 rings (SSSR count). The first-order chi connectivity index (χ1) is 5.70. The molecule has 1 aromatic rings. The molecule has 1 heterocycles. The highest BCUT2D eigenvalue weighted by atomic mass is 32.1. The van der Waals surface area contributed by atoms with E-state index in [0.717, 1.165) is 0 Å². The first kappa shape index (κ1) is 8.73. The van der Waals surface area contributed by atoms with E-state index in [0.29, 0.717) is 4.88 Å². The highest BCUT2D eigenvalue weighted by Gasteiger charge is 2.04. The minimum atomic E-state index is -0.292. The number of thiophene rings is 1. The molecular weight excluding hydrogens is 176 g/mol. The summed E-state index contributed by atoms with van der Waals surface area (Å²) in [6, 6.07) is 3.45. The summed E-state index contributed by atoms with van der Waals surface area (Å²) in [5.74, 6) is -0.583. The Morgan fingerprint density at radius 3 is 2.67 bits per heavy atom. The van der Waals surface area contributed by atoms with Gasteiger partial charge in [0.1, 0.15) is 0 Å². The van der Waals surface area contributed by atoms with Gasteiger partial charge in [0.15, 0.2) is 0 Å². The summed E-state index contributed by atoms with van der Waals surface area (Å²) in [7, 11) is 0. The van der Waals surface area contributed by atoms with E-state index >= 15 is 0 Å². The molecule has 0 aromatic carbocycles. The average molecular weight is 184 g/mol. The van der Waals surface area contributed by atoms with Gasteiger partial charge in [-0.15, -0.1) is 11.3 Å². The van der Waals surface area contributed by atoms with Gasteiger partial charge >= 0.3 is 0 Å². The Balaban J connectivity index is 2.45. The number of carbonyl (C=O) groups is 2. The van der Waals surface area contributed by atoms with Crippen molar-refractivity contribution in [2.75, 3.05) is 0 Å². The molecule has 0 aliphatic rings. The predicted octanol–water partition coefficient (Wildman–Crippen LogP) is 0.529. The number of amides is 2. The van der Waals surface area contributed by atoms with Gasteiger partial charge in [-0.2, -0.15) is 0 Å². The van der Waals surface area contributed by atoms with E-state index in [2.05, 4.69) is 10.9 Å². The van der Waals surface area contributed by atoms with Crippen molar-refractivity contribution in [3.05, 3.63) is 22.4 Å². The fourth-order valence-electron chi connectivity index (χ4n) is 0.614. The van der Waals surface area contributed by atoms with E-state index in [1.807, 2.05) is 0 Å². The van der Waals surface area contributed by atoms with E-state index in [1.165, 1.54) is 18.3 Å². The molecule has 0 saturated heterocycles. The van der Waals surface area contributed by atoms with Gasteiger partial charge in [-0.25, -0.2) is 0 Å². The van der Waals surface area contributed by atoms with Crippen LogP contribution in [-0.2, 0) is 4.79 Å². The molecule has 2 N–H and O–H groups in total. The third-order valence-corrected chi connectivity index (χ3v) is 1.97. The molecule has 0 fully saturated rings. The predicted molar refractivity (Wildman–Crippen MR) is 45.6 cm³/mol. The van der Waals surface area contributed by atoms with Crippen molar-refractivity contribution < 1.29 is 9.59 Å². The molecule has 0 unspecified atom stereocenters. The Kier molecular flexibility index (Phi) is 2.82. The zero-order chi connectivity index (χ0) is 8.97. The van der Waals surface area contributed by atoms with Crippen molar-refractivity contribution in [2.24, 2.45) is 0 Å². The lowest BCUT2D eigenvalue weighted by atomic mass is 10.4. The van der Waals surface area contributed by atoms with Crippen molar-refractivity contribution in [3.63, 3.8) is 0 Å². The highest BCUT2D eigenvalue weighted by molar-refractivity contribution is 7.12. The van der Waals surface area contributed by atoms with E-state index in [4.69, 9.17) is 0 Å². The molecule has 0 aliphatic heterocycles. The number of nitrogens with one attached hydrogen (secondary N) is 2. The molecule has 0 radical (unpaired) electrons. The van der Waals surface area contributed by atoms with Crippen LogP contribution in [0.15, 0.2) is 17.5 Å². The van der Waals surface area contributed by atoms with Crippen molar-refractivity contribution in [1.29, 1.82) is 0 Å². The second-order valence-electron chi connectivity index (χ2n) is 2.11. The van der Waals surface area contributed by atoms with Crippen molar-refractivity contribution in [2.45, 2.75) is 6.92 Å². The van der Waals surface area contributed by atoms with E-state index < -0.39 is 0 Å². The molecule has 0 saturated carbocycles. The first-order valence-corrected chi connectivity index (χ1v) is 4.18. The van der Waals surface area contributed by atoms with Gasteiger partial charge in [-0.05, 0) is 11.4 Å². The number of carbonyl (C=O) groups excluding carboxylic acids is 2. The topological polar surface area (TPSA) is 58.2 Å². The van der Waals surface area contributed by atoms with E-state index in [1.54, 1.807) is 17.5 Å². The molecule has 0 aliphatic carbocycles. The smallest absolute Gasteiger partial charge is 0.274 e. The van der Waals surface area contributed by atoms with Crippen LogP contribution in [0.2, 0.25) is 0 Å². The largest absolute Gasteiger partial charge is 0.279 e. The first-order valence-electron chi connectivity index (χ1n) is 3.30. The van der Waals surface area contributed by atoms with Gasteiger partial charge in [-0.1, -0.05) is 6.07 Å².